The van der Waals surface area contributed by atoms with Crippen molar-refractivity contribution < 1.29 is 17.9 Å². The molecule has 1 aromatic rings. The van der Waals surface area contributed by atoms with Crippen LogP contribution in [-0.4, -0.2) is 38.0 Å². The zero-order valence-electron chi connectivity index (χ0n) is 13.9. The molecule has 0 saturated carbocycles. The normalized spacial score (nSPS) is 19.7. The van der Waals surface area contributed by atoms with Crippen LogP contribution in [0.3, 0.4) is 0 Å². The number of hydrogen-bond donors (Lipinski definition) is 1. The second kappa shape index (κ2) is 7.45. The van der Waals surface area contributed by atoms with Gasteiger partial charge in [0, 0.05) is 12.3 Å². The van der Waals surface area contributed by atoms with Gasteiger partial charge in [0.2, 0.25) is 5.91 Å². The Hall–Kier alpha value is -1.40. The van der Waals surface area contributed by atoms with Crippen LogP contribution in [-0.2, 0) is 19.4 Å². The van der Waals surface area contributed by atoms with Crippen LogP contribution >= 0.6 is 0 Å². The van der Waals surface area contributed by atoms with Gasteiger partial charge < -0.3 is 10.1 Å². The number of benzene rings is 1. The maximum absolute atomic E-state index is 12.3. The number of hydrogen-bond acceptors (Lipinski definition) is 4. The average Bonchev–Trinajstić information content (AvgIpc) is 2.99. The topological polar surface area (TPSA) is 72.5 Å². The van der Waals surface area contributed by atoms with Crippen LogP contribution in [0.4, 0.5) is 5.69 Å². The van der Waals surface area contributed by atoms with Gasteiger partial charge >= 0.3 is 0 Å². The number of rotatable bonds is 6. The number of amides is 1. The summed E-state index contributed by atoms with van der Waals surface area (Å²) in [6, 6.07) is 7.47. The molecule has 0 spiro atoms. The fraction of sp³-hybridized carbons (Fsp3) is 0.588. The second-order valence-corrected chi connectivity index (χ2v) is 8.74. The molecule has 1 aliphatic heterocycles. The van der Waals surface area contributed by atoms with Crippen molar-refractivity contribution in [2.45, 2.75) is 50.9 Å². The largest absolute Gasteiger partial charge is 0.377 e. The summed E-state index contributed by atoms with van der Waals surface area (Å²) in [6.45, 7) is 6.21. The van der Waals surface area contributed by atoms with Gasteiger partial charge in [0.05, 0.1) is 11.9 Å². The Morgan fingerprint density at radius 2 is 1.91 bits per heavy atom. The van der Waals surface area contributed by atoms with Crippen LogP contribution in [0.1, 0.15) is 45.1 Å². The molecule has 2 rings (SSSR count). The van der Waals surface area contributed by atoms with E-state index in [-0.39, 0.29) is 11.9 Å². The Morgan fingerprint density at radius 3 is 2.43 bits per heavy atom. The van der Waals surface area contributed by atoms with Crippen molar-refractivity contribution in [1.82, 2.24) is 0 Å². The molecule has 0 bridgehead atoms. The molecular formula is C17H25NO4S. The Labute approximate surface area is 138 Å². The third kappa shape index (κ3) is 4.78. The molecule has 0 radical (unpaired) electrons. The van der Waals surface area contributed by atoms with E-state index in [1.54, 1.807) is 12.1 Å². The van der Waals surface area contributed by atoms with Crippen molar-refractivity contribution in [1.29, 1.82) is 0 Å². The molecule has 1 amide bonds. The highest BCUT2D eigenvalue weighted by molar-refractivity contribution is 7.92. The molecule has 2 unspecified atom stereocenters. The van der Waals surface area contributed by atoms with E-state index in [0.29, 0.717) is 18.2 Å². The molecule has 0 aliphatic carbocycles. The molecule has 1 fully saturated rings. The van der Waals surface area contributed by atoms with Gasteiger partial charge in [0.15, 0.2) is 9.84 Å². The van der Waals surface area contributed by atoms with E-state index < -0.39 is 21.0 Å². The number of carbonyl (C=O) groups excluding carboxylic acids is 1. The molecule has 6 heteroatoms. The molecule has 0 aromatic heterocycles. The molecule has 5 nitrogen and oxygen atoms in total. The first-order valence-corrected chi connectivity index (χ1v) is 9.75. The quantitative estimate of drug-likeness (QED) is 0.865. The van der Waals surface area contributed by atoms with E-state index in [4.69, 9.17) is 4.74 Å². The summed E-state index contributed by atoms with van der Waals surface area (Å²) < 4.78 is 30.0. The summed E-state index contributed by atoms with van der Waals surface area (Å²) in [7, 11) is -3.52. The summed E-state index contributed by atoms with van der Waals surface area (Å²) in [5.41, 5.74) is 1.78. The number of sulfone groups is 1. The minimum atomic E-state index is -3.52. The average molecular weight is 339 g/mol. The van der Waals surface area contributed by atoms with Crippen LogP contribution in [0.2, 0.25) is 0 Å². The monoisotopic (exact) mass is 339 g/mol. The summed E-state index contributed by atoms with van der Waals surface area (Å²) in [5.74, 6) is -0.181. The Morgan fingerprint density at radius 1 is 1.26 bits per heavy atom. The Bertz CT molecular complexity index is 631. The van der Waals surface area contributed by atoms with Gasteiger partial charge in [0.1, 0.15) is 5.25 Å². The predicted octanol–water partition coefficient (Wildman–Crippen LogP) is 2.73. The molecule has 23 heavy (non-hydrogen) atoms. The van der Waals surface area contributed by atoms with Gasteiger partial charge in [-0.25, -0.2) is 8.42 Å². The van der Waals surface area contributed by atoms with Crippen LogP contribution in [0.25, 0.3) is 0 Å². The molecule has 1 aromatic carbocycles. The van der Waals surface area contributed by atoms with Crippen LogP contribution in [0, 0.1) is 0 Å². The van der Waals surface area contributed by atoms with Crippen molar-refractivity contribution >= 4 is 21.4 Å². The third-order valence-corrected chi connectivity index (χ3v) is 6.32. The summed E-state index contributed by atoms with van der Waals surface area (Å²) in [4.78, 5) is 12.2. The molecule has 1 heterocycles. The minimum Gasteiger partial charge on any atom is -0.377 e. The van der Waals surface area contributed by atoms with E-state index >= 15 is 0 Å². The van der Waals surface area contributed by atoms with E-state index in [0.717, 1.165) is 12.8 Å². The number of ether oxygens (including phenoxy) is 1. The van der Waals surface area contributed by atoms with E-state index in [2.05, 4.69) is 19.2 Å². The van der Waals surface area contributed by atoms with Crippen molar-refractivity contribution in [3.63, 3.8) is 0 Å². The van der Waals surface area contributed by atoms with Crippen molar-refractivity contribution in [3.8, 4) is 0 Å². The molecular weight excluding hydrogens is 314 g/mol. The Kier molecular flexibility index (Phi) is 5.81. The van der Waals surface area contributed by atoms with Gasteiger partial charge in [-0.3, -0.25) is 4.79 Å². The first-order chi connectivity index (χ1) is 10.8. The van der Waals surface area contributed by atoms with Gasteiger partial charge in [-0.1, -0.05) is 26.0 Å². The first-order valence-electron chi connectivity index (χ1n) is 8.03. The molecule has 1 aliphatic rings. The molecule has 1 saturated heterocycles. The number of nitrogens with one attached hydrogen (secondary N) is 1. The third-order valence-electron chi connectivity index (χ3n) is 4.19. The van der Waals surface area contributed by atoms with Crippen LogP contribution < -0.4 is 5.32 Å². The van der Waals surface area contributed by atoms with E-state index in [1.165, 1.54) is 12.5 Å². The standard InChI is InChI=1S/C17H25NO4S/c1-12(2)14-6-8-15(9-7-14)18-17(19)13(3)23(20,21)11-16-5-4-10-22-16/h6-9,12-13,16H,4-5,10-11H2,1-3H3,(H,18,19). The second-order valence-electron chi connectivity index (χ2n) is 6.37. The van der Waals surface area contributed by atoms with Crippen molar-refractivity contribution in [2.24, 2.45) is 0 Å². The van der Waals surface area contributed by atoms with Crippen molar-refractivity contribution in [3.05, 3.63) is 29.8 Å². The first kappa shape index (κ1) is 17.9. The maximum atomic E-state index is 12.3. The van der Waals surface area contributed by atoms with Gasteiger partial charge in [0.25, 0.3) is 0 Å². The zero-order valence-corrected chi connectivity index (χ0v) is 14.7. The lowest BCUT2D eigenvalue weighted by Crippen LogP contribution is -2.37. The maximum Gasteiger partial charge on any atom is 0.242 e. The predicted molar refractivity (Wildman–Crippen MR) is 91.4 cm³/mol. The van der Waals surface area contributed by atoms with Gasteiger partial charge in [-0.15, -0.1) is 0 Å². The fourth-order valence-corrected chi connectivity index (χ4v) is 3.99. The van der Waals surface area contributed by atoms with Gasteiger partial charge in [-0.2, -0.15) is 0 Å². The van der Waals surface area contributed by atoms with Crippen LogP contribution in [0.5, 0.6) is 0 Å². The highest BCUT2D eigenvalue weighted by Gasteiger charge is 2.32. The van der Waals surface area contributed by atoms with Crippen molar-refractivity contribution in [2.75, 3.05) is 17.7 Å². The Balaban J connectivity index is 1.98. The molecule has 128 valence electrons. The highest BCUT2D eigenvalue weighted by Crippen LogP contribution is 2.19. The minimum absolute atomic E-state index is 0.0894. The SMILES string of the molecule is CC(C)c1ccc(NC(=O)C(C)S(=O)(=O)CC2CCCO2)cc1. The van der Waals surface area contributed by atoms with E-state index in [1.807, 2.05) is 12.1 Å². The lowest BCUT2D eigenvalue weighted by Gasteiger charge is -2.16. The van der Waals surface area contributed by atoms with E-state index in [9.17, 15) is 13.2 Å². The zero-order chi connectivity index (χ0) is 17.0. The molecule has 1 N–H and O–H groups in total. The molecule has 2 atom stereocenters. The summed E-state index contributed by atoms with van der Waals surface area (Å²) >= 11 is 0. The number of anilines is 1. The van der Waals surface area contributed by atoms with Crippen LogP contribution in [0.15, 0.2) is 24.3 Å². The summed E-state index contributed by atoms with van der Waals surface area (Å²) in [5, 5.41) is 1.59. The number of carbonyl (C=O) groups is 1. The van der Waals surface area contributed by atoms with Gasteiger partial charge in [-0.05, 0) is 43.4 Å². The lowest BCUT2D eigenvalue weighted by molar-refractivity contribution is -0.115. The fourth-order valence-electron chi connectivity index (χ4n) is 2.54. The summed E-state index contributed by atoms with van der Waals surface area (Å²) in [6.07, 6.45) is 1.34. The lowest BCUT2D eigenvalue weighted by atomic mass is 10.0. The highest BCUT2D eigenvalue weighted by atomic mass is 32.2. The smallest absolute Gasteiger partial charge is 0.242 e.